The highest BCUT2D eigenvalue weighted by Gasteiger charge is 2.30. The summed E-state index contributed by atoms with van der Waals surface area (Å²) in [6, 6.07) is 10.3. The van der Waals surface area contributed by atoms with Crippen LogP contribution >= 0.6 is 11.6 Å². The molecule has 1 saturated heterocycles. The minimum absolute atomic E-state index is 0.0582. The van der Waals surface area contributed by atoms with Gasteiger partial charge in [0.1, 0.15) is 0 Å². The molecule has 0 spiro atoms. The molecule has 0 aromatic heterocycles. The molecule has 0 saturated carbocycles. The number of aryl methyl sites for hydroxylation is 1. The van der Waals surface area contributed by atoms with Gasteiger partial charge in [-0.25, -0.2) is 4.79 Å². The summed E-state index contributed by atoms with van der Waals surface area (Å²) < 4.78 is 38.2. The van der Waals surface area contributed by atoms with Crippen LogP contribution in [0.3, 0.4) is 0 Å². The Morgan fingerprint density at radius 1 is 1.13 bits per heavy atom. The lowest BCUT2D eigenvalue weighted by Crippen LogP contribution is -2.52. The van der Waals surface area contributed by atoms with Crippen LogP contribution in [-0.4, -0.2) is 43.7 Å². The topological polar surface area (TPSA) is 35.6 Å². The number of piperazine rings is 1. The molecular weight excluding hydrogens is 415 g/mol. The van der Waals surface area contributed by atoms with Crippen LogP contribution in [0.5, 0.6) is 0 Å². The third kappa shape index (κ3) is 5.61. The quantitative estimate of drug-likeness (QED) is 0.702. The lowest BCUT2D eigenvalue weighted by molar-refractivity contribution is -0.137. The maximum Gasteiger partial charge on any atom is 0.416 e. The van der Waals surface area contributed by atoms with Crippen LogP contribution in [0.25, 0.3) is 0 Å². The number of alkyl halides is 3. The maximum absolute atomic E-state index is 12.7. The first-order valence-corrected chi connectivity index (χ1v) is 9.82. The molecule has 4 nitrogen and oxygen atoms in total. The second-order valence-corrected chi connectivity index (χ2v) is 7.38. The second-order valence-electron chi connectivity index (χ2n) is 6.94. The van der Waals surface area contributed by atoms with E-state index in [1.807, 2.05) is 25.1 Å². The van der Waals surface area contributed by atoms with Crippen LogP contribution in [0.15, 0.2) is 42.5 Å². The minimum atomic E-state index is -4.41. The van der Waals surface area contributed by atoms with Crippen molar-refractivity contribution in [1.82, 2.24) is 10.2 Å². The van der Waals surface area contributed by atoms with Gasteiger partial charge in [-0.2, -0.15) is 13.2 Å². The highest BCUT2D eigenvalue weighted by atomic mass is 35.5. The van der Waals surface area contributed by atoms with E-state index >= 15 is 0 Å². The molecule has 2 aromatic rings. The summed E-state index contributed by atoms with van der Waals surface area (Å²) in [7, 11) is 0. The number of benzene rings is 2. The van der Waals surface area contributed by atoms with E-state index in [4.69, 9.17) is 11.6 Å². The number of nitrogens with zero attached hydrogens (tertiary/aromatic N) is 2. The van der Waals surface area contributed by atoms with Gasteiger partial charge in [0, 0.05) is 42.5 Å². The fourth-order valence-electron chi connectivity index (χ4n) is 3.22. The Hall–Kier alpha value is -2.85. The number of anilines is 1. The monoisotopic (exact) mass is 435 g/mol. The maximum atomic E-state index is 12.7. The van der Waals surface area contributed by atoms with Gasteiger partial charge in [0.15, 0.2) is 0 Å². The molecule has 0 radical (unpaired) electrons. The molecule has 2 amide bonds. The number of halogens is 4. The molecule has 1 aliphatic rings. The molecule has 3 rings (SSSR count). The molecule has 0 unspecified atom stereocenters. The van der Waals surface area contributed by atoms with E-state index in [1.54, 1.807) is 4.90 Å². The third-order valence-electron chi connectivity index (χ3n) is 4.83. The summed E-state index contributed by atoms with van der Waals surface area (Å²) in [5, 5.41) is 3.37. The van der Waals surface area contributed by atoms with Crippen molar-refractivity contribution in [2.24, 2.45) is 0 Å². The molecule has 8 heteroatoms. The Morgan fingerprint density at radius 3 is 2.57 bits per heavy atom. The summed E-state index contributed by atoms with van der Waals surface area (Å²) >= 11 is 6.09. The van der Waals surface area contributed by atoms with Crippen LogP contribution in [0.1, 0.15) is 16.7 Å². The summed E-state index contributed by atoms with van der Waals surface area (Å²) in [5.41, 5.74) is 1.70. The van der Waals surface area contributed by atoms with Gasteiger partial charge < -0.3 is 15.1 Å². The number of nitrogens with one attached hydrogen (secondary N) is 1. The summed E-state index contributed by atoms with van der Waals surface area (Å²) in [6.07, 6.45) is -4.41. The van der Waals surface area contributed by atoms with E-state index in [0.717, 1.165) is 23.4 Å². The van der Waals surface area contributed by atoms with Gasteiger partial charge in [-0.05, 0) is 42.8 Å². The summed E-state index contributed by atoms with van der Waals surface area (Å²) in [4.78, 5) is 16.2. The molecule has 0 atom stereocenters. The lowest BCUT2D eigenvalue weighted by Gasteiger charge is -2.36. The lowest BCUT2D eigenvalue weighted by atomic mass is 10.1. The van der Waals surface area contributed by atoms with Gasteiger partial charge in [0.05, 0.1) is 12.1 Å². The van der Waals surface area contributed by atoms with Crippen LogP contribution in [0.4, 0.5) is 23.7 Å². The van der Waals surface area contributed by atoms with Crippen LogP contribution in [-0.2, 0) is 6.18 Å². The Kier molecular flexibility index (Phi) is 6.78. The Morgan fingerprint density at radius 2 is 1.87 bits per heavy atom. The standard InChI is InChI=1S/C22H21ClF3N3O/c1-16-7-8-19(23)15-20(16)28-10-12-29(13-11-28)21(30)27-9-3-5-17-4-2-6-18(14-17)22(24,25)26/h2,4,6-8,14-15H,9-13H2,1H3,(H,27,30). The average Bonchev–Trinajstić information content (AvgIpc) is 2.72. The molecule has 1 aliphatic heterocycles. The highest BCUT2D eigenvalue weighted by Crippen LogP contribution is 2.29. The largest absolute Gasteiger partial charge is 0.416 e. The molecule has 1 N–H and O–H groups in total. The van der Waals surface area contributed by atoms with Crippen molar-refractivity contribution in [3.63, 3.8) is 0 Å². The predicted octanol–water partition coefficient (Wildman–Crippen LogP) is 4.55. The first-order chi connectivity index (χ1) is 14.2. The normalized spacial score (nSPS) is 14.2. The number of urea groups is 1. The van der Waals surface area contributed by atoms with Crippen LogP contribution < -0.4 is 10.2 Å². The first-order valence-electron chi connectivity index (χ1n) is 9.44. The molecule has 2 aromatic carbocycles. The average molecular weight is 436 g/mol. The van der Waals surface area contributed by atoms with Crippen molar-refractivity contribution in [3.8, 4) is 11.8 Å². The van der Waals surface area contributed by atoms with Crippen molar-refractivity contribution in [3.05, 3.63) is 64.2 Å². The molecule has 158 valence electrons. The van der Waals surface area contributed by atoms with Gasteiger partial charge in [0.25, 0.3) is 0 Å². The van der Waals surface area contributed by atoms with Gasteiger partial charge in [0.2, 0.25) is 0 Å². The third-order valence-corrected chi connectivity index (χ3v) is 5.06. The minimum Gasteiger partial charge on any atom is -0.368 e. The Bertz CT molecular complexity index is 974. The fourth-order valence-corrected chi connectivity index (χ4v) is 3.39. The Labute approximate surface area is 178 Å². The van der Waals surface area contributed by atoms with Gasteiger partial charge in [-0.3, -0.25) is 0 Å². The van der Waals surface area contributed by atoms with E-state index in [0.29, 0.717) is 31.2 Å². The zero-order valence-corrected chi connectivity index (χ0v) is 17.1. The summed E-state index contributed by atoms with van der Waals surface area (Å²) in [6.45, 7) is 4.56. The van der Waals surface area contributed by atoms with Crippen molar-refractivity contribution < 1.29 is 18.0 Å². The van der Waals surface area contributed by atoms with Crippen molar-refractivity contribution in [2.75, 3.05) is 37.6 Å². The van der Waals surface area contributed by atoms with Crippen molar-refractivity contribution in [1.29, 1.82) is 0 Å². The number of carbonyl (C=O) groups excluding carboxylic acids is 1. The van der Waals surface area contributed by atoms with E-state index < -0.39 is 11.7 Å². The van der Waals surface area contributed by atoms with E-state index in [-0.39, 0.29) is 18.1 Å². The molecule has 1 heterocycles. The zero-order chi connectivity index (χ0) is 21.7. The fraction of sp³-hybridized carbons (Fsp3) is 0.318. The number of amides is 2. The molecule has 0 bridgehead atoms. The van der Waals surface area contributed by atoms with Crippen molar-refractivity contribution >= 4 is 23.3 Å². The van der Waals surface area contributed by atoms with Crippen LogP contribution in [0.2, 0.25) is 5.02 Å². The van der Waals surface area contributed by atoms with Gasteiger partial charge in [-0.15, -0.1) is 0 Å². The number of carbonyl (C=O) groups is 1. The first kappa shape index (κ1) is 21.8. The molecule has 1 fully saturated rings. The molecule has 0 aliphatic carbocycles. The summed E-state index contributed by atoms with van der Waals surface area (Å²) in [5.74, 6) is 5.35. The zero-order valence-electron chi connectivity index (χ0n) is 16.4. The second kappa shape index (κ2) is 9.31. The molecular formula is C22H21ClF3N3O. The van der Waals surface area contributed by atoms with Crippen LogP contribution in [0, 0.1) is 18.8 Å². The highest BCUT2D eigenvalue weighted by molar-refractivity contribution is 6.30. The SMILES string of the molecule is Cc1ccc(Cl)cc1N1CCN(C(=O)NCC#Cc2cccc(C(F)(F)F)c2)CC1. The number of hydrogen-bond acceptors (Lipinski definition) is 2. The van der Waals surface area contributed by atoms with Gasteiger partial charge in [-0.1, -0.05) is 35.6 Å². The molecule has 30 heavy (non-hydrogen) atoms. The predicted molar refractivity (Wildman–Crippen MR) is 112 cm³/mol. The van der Waals surface area contributed by atoms with Gasteiger partial charge >= 0.3 is 12.2 Å². The van der Waals surface area contributed by atoms with E-state index in [1.165, 1.54) is 12.1 Å². The smallest absolute Gasteiger partial charge is 0.368 e. The number of rotatable bonds is 2. The van der Waals surface area contributed by atoms with E-state index in [2.05, 4.69) is 22.1 Å². The Balaban J connectivity index is 1.49. The van der Waals surface area contributed by atoms with E-state index in [9.17, 15) is 18.0 Å². The number of hydrogen-bond donors (Lipinski definition) is 1. The van der Waals surface area contributed by atoms with Crippen molar-refractivity contribution in [2.45, 2.75) is 13.1 Å².